The molecule has 0 aliphatic heterocycles. The number of hydrogen-bond acceptors (Lipinski definition) is 3. The smallest absolute Gasteiger partial charge is 0.0689 e. The predicted molar refractivity (Wildman–Crippen MR) is 17.6 cm³/mol. The zero-order valence-corrected chi connectivity index (χ0v) is 5.29. The van der Waals surface area contributed by atoms with Crippen LogP contribution in [0.3, 0.4) is 0 Å². The largest absolute Gasteiger partial charge is 0.412 e. The zero-order valence-electron chi connectivity index (χ0n) is 3.03. The molecule has 0 spiro atoms. The molecule has 0 aliphatic rings. The van der Waals surface area contributed by atoms with E-state index < -0.39 is 5.09 Å². The molecule has 7 heteroatoms. The van der Waals surface area contributed by atoms with Gasteiger partial charge in [-0.05, 0) is 0 Å². The molecule has 0 fully saturated rings. The van der Waals surface area contributed by atoms with Crippen molar-refractivity contribution in [3.8, 4) is 0 Å². The summed E-state index contributed by atoms with van der Waals surface area (Å²) in [6.07, 6.45) is 0. The van der Waals surface area contributed by atoms with Gasteiger partial charge in [-0.25, -0.2) is 0 Å². The summed E-state index contributed by atoms with van der Waals surface area (Å²) in [6, 6.07) is 0. The molecule has 0 atom stereocenters. The van der Waals surface area contributed by atoms with Crippen LogP contribution < -0.4 is 0 Å². The third-order valence-corrected chi connectivity index (χ3v) is 0. The molecule has 0 unspecified atom stereocenters. The Bertz CT molecular complexity index is 31.1. The maximum absolute atomic E-state index is 8.25. The summed E-state index contributed by atoms with van der Waals surface area (Å²) in [6.45, 7) is 0. The average molecular weight is 255 g/mol. The summed E-state index contributed by atoms with van der Waals surface area (Å²) in [5, 5.41) is 14.8. The number of nitrogens with zero attached hydrogens (tertiary/aromatic N) is 1. The molecule has 6 nitrogen and oxygen atoms in total. The molecule has 0 aromatic carbocycles. The van der Waals surface area contributed by atoms with E-state index in [1.165, 1.54) is 0 Å². The van der Waals surface area contributed by atoms with E-state index in [-0.39, 0.29) is 50.9 Å². The topological polar surface area (TPSA) is 129 Å². The molecule has 0 saturated carbocycles. The predicted octanol–water partition coefficient (Wildman–Crippen LogP) is -1.89. The van der Waals surface area contributed by atoms with Gasteiger partial charge in [0.2, 0.25) is 0 Å². The first-order chi connectivity index (χ1) is 1.73. The molecule has 0 amide bonds. The summed E-state index contributed by atoms with van der Waals surface area (Å²) in [5.41, 5.74) is 0. The van der Waals surface area contributed by atoms with E-state index in [2.05, 4.69) is 0 Å². The molecule has 0 saturated heterocycles. The Morgan fingerprint density at radius 1 is 1.14 bits per heavy atom. The Labute approximate surface area is 70.9 Å². The van der Waals surface area contributed by atoms with Gasteiger partial charge < -0.3 is 26.3 Å². The second-order valence-corrected chi connectivity index (χ2v) is 0.224. The van der Waals surface area contributed by atoms with Gasteiger partial charge in [-0.15, -0.1) is 0 Å². The fraction of sp³-hybridized carbons (Fsp3) is 0. The van der Waals surface area contributed by atoms with Crippen molar-refractivity contribution < 1.29 is 56.0 Å². The van der Waals surface area contributed by atoms with Gasteiger partial charge in [0.15, 0.2) is 0 Å². The van der Waals surface area contributed by atoms with Gasteiger partial charge in [-0.3, -0.25) is 0 Å². The van der Waals surface area contributed by atoms with E-state index in [0.717, 1.165) is 0 Å². The Morgan fingerprint density at radius 3 is 1.14 bits per heavy atom. The third-order valence-electron chi connectivity index (χ3n) is 0. The Morgan fingerprint density at radius 2 is 1.14 bits per heavy atom. The first kappa shape index (κ1) is 26.1. The van der Waals surface area contributed by atoms with Crippen molar-refractivity contribution in [1.29, 1.82) is 0 Å². The van der Waals surface area contributed by atoms with Crippen molar-refractivity contribution >= 4 is 0 Å². The van der Waals surface area contributed by atoms with Crippen LogP contribution in [0.2, 0.25) is 0 Å². The molecule has 7 heavy (non-hydrogen) atoms. The Balaban J connectivity index is -0.0000000150. The van der Waals surface area contributed by atoms with E-state index in [1.807, 2.05) is 0 Å². The maximum Gasteiger partial charge on any atom is 0.0689 e. The second-order valence-electron chi connectivity index (χ2n) is 0.224. The van der Waals surface area contributed by atoms with Crippen molar-refractivity contribution in [3.63, 3.8) is 0 Å². The van der Waals surface area contributed by atoms with Crippen LogP contribution in [0.4, 0.5) is 0 Å². The second kappa shape index (κ2) is 16.1. The van der Waals surface area contributed by atoms with Crippen LogP contribution in [-0.4, -0.2) is 16.0 Å². The van der Waals surface area contributed by atoms with E-state index in [4.69, 9.17) is 15.3 Å². The molecule has 0 rings (SSSR count). The molecule has 0 aromatic heterocycles. The minimum Gasteiger partial charge on any atom is -0.412 e. The third kappa shape index (κ3) is 644. The van der Waals surface area contributed by atoms with E-state index >= 15 is 0 Å². The Kier molecular flexibility index (Phi) is 59.9. The normalized spacial score (nSPS) is 3.43. The fourth-order valence-electron chi connectivity index (χ4n) is 0. The van der Waals surface area contributed by atoms with Gasteiger partial charge in [-0.2, -0.15) is 0 Å². The molecule has 0 aromatic rings. The first-order valence-electron chi connectivity index (χ1n) is 0.548. The fourth-order valence-corrected chi connectivity index (χ4v) is 0. The molecule has 0 aliphatic carbocycles. The van der Waals surface area contributed by atoms with Crippen molar-refractivity contribution in [1.82, 2.24) is 0 Å². The summed E-state index contributed by atoms with van der Waals surface area (Å²) in [4.78, 5) is 8.25. The van der Waals surface area contributed by atoms with Crippen LogP contribution in [0.5, 0.6) is 0 Å². The maximum atomic E-state index is 8.25. The van der Waals surface area contributed by atoms with Gasteiger partial charge in [0.1, 0.15) is 0 Å². The van der Waals surface area contributed by atoms with E-state index in [1.54, 1.807) is 0 Å². The van der Waals surface area contributed by atoms with Crippen LogP contribution >= 0.6 is 0 Å². The van der Waals surface area contributed by atoms with Gasteiger partial charge in [0.05, 0.1) is 5.09 Å². The average Bonchev–Trinajstić information content (AvgIpc) is 0.811. The van der Waals surface area contributed by atoms with E-state index in [0.29, 0.717) is 0 Å². The van der Waals surface area contributed by atoms with Crippen molar-refractivity contribution in [2.75, 3.05) is 0 Å². The van der Waals surface area contributed by atoms with Crippen LogP contribution in [0.15, 0.2) is 0 Å². The molecular formula is H4GdNO5-. The monoisotopic (exact) mass is 256 g/mol. The zero-order chi connectivity index (χ0) is 3.58. The van der Waals surface area contributed by atoms with Gasteiger partial charge in [0, 0.05) is 39.9 Å². The molecule has 4 N–H and O–H groups in total. The number of hydrogen-bond donors (Lipinski definition) is 0. The van der Waals surface area contributed by atoms with Crippen molar-refractivity contribution in [2.45, 2.75) is 0 Å². The molecule has 0 heterocycles. The summed E-state index contributed by atoms with van der Waals surface area (Å²) < 4.78 is 0. The van der Waals surface area contributed by atoms with Gasteiger partial charge >= 0.3 is 0 Å². The first-order valence-corrected chi connectivity index (χ1v) is 0.548. The molecule has 48 valence electrons. The SMILES string of the molecule is O.O.O=[N+]([O-])[O-].[Gd]. The quantitative estimate of drug-likeness (QED) is 0.370. The molecule has 0 radical (unpaired) electrons. The standard InChI is InChI=1S/Gd.NO3.2H2O/c;2-1(3)4;;/h;;2*1H2/q;-1;;. The van der Waals surface area contributed by atoms with Gasteiger partial charge in [-0.1, -0.05) is 0 Å². The van der Waals surface area contributed by atoms with Crippen LogP contribution in [0.1, 0.15) is 0 Å². The van der Waals surface area contributed by atoms with Crippen LogP contribution in [0, 0.1) is 55.3 Å². The number of rotatable bonds is 0. The summed E-state index contributed by atoms with van der Waals surface area (Å²) >= 11 is 0. The van der Waals surface area contributed by atoms with Crippen molar-refractivity contribution in [2.24, 2.45) is 0 Å². The van der Waals surface area contributed by atoms with Crippen LogP contribution in [0.25, 0.3) is 0 Å². The summed E-state index contributed by atoms with van der Waals surface area (Å²) in [7, 11) is 0. The Hall–Kier alpha value is 0.445. The molecule has 0 bridgehead atoms. The van der Waals surface area contributed by atoms with Gasteiger partial charge in [0.25, 0.3) is 0 Å². The van der Waals surface area contributed by atoms with Crippen LogP contribution in [-0.2, 0) is 0 Å². The molecular weight excluding hydrogens is 251 g/mol. The van der Waals surface area contributed by atoms with E-state index in [9.17, 15) is 0 Å². The minimum absolute atomic E-state index is 0. The minimum atomic E-state index is -1.75. The summed E-state index contributed by atoms with van der Waals surface area (Å²) in [5.74, 6) is 0. The van der Waals surface area contributed by atoms with Crippen molar-refractivity contribution in [3.05, 3.63) is 15.3 Å².